The average molecular weight is 234 g/mol. The molecule has 0 nitrogen and oxygen atoms in total. The van der Waals surface area contributed by atoms with Crippen LogP contribution in [0.15, 0.2) is 48.0 Å². The fourth-order valence-corrected chi connectivity index (χ4v) is 2.65. The summed E-state index contributed by atoms with van der Waals surface area (Å²) in [6.07, 6.45) is 4.66. The molecule has 1 aliphatic carbocycles. The summed E-state index contributed by atoms with van der Waals surface area (Å²) in [4.78, 5) is 0. The number of hydrogen-bond donors (Lipinski definition) is 0. The van der Waals surface area contributed by atoms with Gasteiger partial charge in [0, 0.05) is 0 Å². The Morgan fingerprint density at radius 1 is 1.00 bits per heavy atom. The molecule has 0 saturated carbocycles. The lowest BCUT2D eigenvalue weighted by atomic mass is 9.96. The standard InChI is InChI=1S/C18H18/c1-3-14-11-16-5-4-6-17(18(16)12-14)15-9-7-13(2)8-10-15/h4-10,12H,3,11H2,1-2H3. The first-order valence-corrected chi connectivity index (χ1v) is 6.66. The summed E-state index contributed by atoms with van der Waals surface area (Å²) in [5.41, 5.74) is 8.46. The summed E-state index contributed by atoms with van der Waals surface area (Å²) in [7, 11) is 0. The molecule has 0 aliphatic heterocycles. The van der Waals surface area contributed by atoms with Crippen molar-refractivity contribution in [3.05, 3.63) is 64.7 Å². The van der Waals surface area contributed by atoms with Crippen LogP contribution in [0.4, 0.5) is 0 Å². The molecule has 2 aromatic carbocycles. The van der Waals surface area contributed by atoms with Gasteiger partial charge in [0.1, 0.15) is 0 Å². The monoisotopic (exact) mass is 234 g/mol. The van der Waals surface area contributed by atoms with E-state index in [4.69, 9.17) is 0 Å². The second-order valence-electron chi connectivity index (χ2n) is 5.08. The summed E-state index contributed by atoms with van der Waals surface area (Å²) >= 11 is 0. The van der Waals surface area contributed by atoms with Crippen molar-refractivity contribution in [1.29, 1.82) is 0 Å². The predicted molar refractivity (Wildman–Crippen MR) is 78.6 cm³/mol. The quantitative estimate of drug-likeness (QED) is 0.685. The van der Waals surface area contributed by atoms with Crippen molar-refractivity contribution >= 4 is 6.08 Å². The van der Waals surface area contributed by atoms with Gasteiger partial charge in [0.15, 0.2) is 0 Å². The Labute approximate surface area is 109 Å². The largest absolute Gasteiger partial charge is 0.0655 e. The molecule has 0 unspecified atom stereocenters. The molecule has 0 atom stereocenters. The van der Waals surface area contributed by atoms with E-state index in [9.17, 15) is 0 Å². The summed E-state index contributed by atoms with van der Waals surface area (Å²) < 4.78 is 0. The number of allylic oxidation sites excluding steroid dienone is 1. The van der Waals surface area contributed by atoms with Crippen molar-refractivity contribution in [2.24, 2.45) is 0 Å². The molecule has 18 heavy (non-hydrogen) atoms. The molecule has 1 aliphatic rings. The zero-order valence-corrected chi connectivity index (χ0v) is 11.0. The minimum absolute atomic E-state index is 1.13. The Bertz CT molecular complexity index is 600. The highest BCUT2D eigenvalue weighted by molar-refractivity contribution is 5.80. The van der Waals surface area contributed by atoms with Gasteiger partial charge in [-0.3, -0.25) is 0 Å². The summed E-state index contributed by atoms with van der Waals surface area (Å²) in [6, 6.07) is 15.5. The van der Waals surface area contributed by atoms with Crippen LogP contribution in [0.1, 0.15) is 30.0 Å². The molecular formula is C18H18. The molecule has 0 amide bonds. The smallest absolute Gasteiger partial charge is 0.00577 e. The van der Waals surface area contributed by atoms with Crippen LogP contribution >= 0.6 is 0 Å². The molecular weight excluding hydrogens is 216 g/mol. The summed E-state index contributed by atoms with van der Waals surface area (Å²) in [6.45, 7) is 4.37. The summed E-state index contributed by atoms with van der Waals surface area (Å²) in [5.74, 6) is 0. The number of benzene rings is 2. The molecule has 0 N–H and O–H groups in total. The van der Waals surface area contributed by atoms with E-state index in [1.165, 1.54) is 27.8 Å². The van der Waals surface area contributed by atoms with Crippen molar-refractivity contribution in [2.45, 2.75) is 26.7 Å². The average Bonchev–Trinajstić information content (AvgIpc) is 2.82. The highest BCUT2D eigenvalue weighted by Gasteiger charge is 2.15. The Balaban J connectivity index is 2.12. The third-order valence-corrected chi connectivity index (χ3v) is 3.78. The molecule has 0 radical (unpaired) electrons. The van der Waals surface area contributed by atoms with Crippen LogP contribution in [0.3, 0.4) is 0 Å². The van der Waals surface area contributed by atoms with Gasteiger partial charge in [0.25, 0.3) is 0 Å². The molecule has 0 heteroatoms. The second kappa shape index (κ2) is 4.45. The van der Waals surface area contributed by atoms with Gasteiger partial charge in [0.2, 0.25) is 0 Å². The Kier molecular flexibility index (Phi) is 2.79. The number of rotatable bonds is 2. The first kappa shape index (κ1) is 11.3. The van der Waals surface area contributed by atoms with Crippen molar-refractivity contribution in [3.8, 4) is 11.1 Å². The van der Waals surface area contributed by atoms with Crippen molar-refractivity contribution in [1.82, 2.24) is 0 Å². The van der Waals surface area contributed by atoms with E-state index in [0.717, 1.165) is 12.8 Å². The first-order valence-electron chi connectivity index (χ1n) is 6.66. The molecule has 0 spiro atoms. The van der Waals surface area contributed by atoms with Crippen molar-refractivity contribution in [3.63, 3.8) is 0 Å². The zero-order valence-electron chi connectivity index (χ0n) is 11.0. The molecule has 2 aromatic rings. The van der Waals surface area contributed by atoms with Crippen LogP contribution in [0.2, 0.25) is 0 Å². The van der Waals surface area contributed by atoms with E-state index >= 15 is 0 Å². The lowest BCUT2D eigenvalue weighted by Crippen LogP contribution is -1.87. The lowest BCUT2D eigenvalue weighted by Gasteiger charge is -2.08. The van der Waals surface area contributed by atoms with Crippen molar-refractivity contribution in [2.75, 3.05) is 0 Å². The lowest BCUT2D eigenvalue weighted by molar-refractivity contribution is 1.04. The number of aryl methyl sites for hydroxylation is 1. The van der Waals surface area contributed by atoms with Crippen LogP contribution < -0.4 is 0 Å². The maximum absolute atomic E-state index is 2.38. The predicted octanol–water partition coefficient (Wildman–Crippen LogP) is 5.01. The zero-order chi connectivity index (χ0) is 12.5. The van der Waals surface area contributed by atoms with Crippen LogP contribution in [-0.4, -0.2) is 0 Å². The van der Waals surface area contributed by atoms with E-state index < -0.39 is 0 Å². The second-order valence-corrected chi connectivity index (χ2v) is 5.08. The topological polar surface area (TPSA) is 0 Å². The van der Waals surface area contributed by atoms with E-state index in [1.807, 2.05) is 0 Å². The minimum atomic E-state index is 1.13. The molecule has 3 rings (SSSR count). The highest BCUT2D eigenvalue weighted by Crippen LogP contribution is 2.34. The summed E-state index contributed by atoms with van der Waals surface area (Å²) in [5, 5.41) is 0. The minimum Gasteiger partial charge on any atom is -0.0655 e. The van der Waals surface area contributed by atoms with Gasteiger partial charge in [0.05, 0.1) is 0 Å². The first-order chi connectivity index (χ1) is 8.78. The Morgan fingerprint density at radius 3 is 2.50 bits per heavy atom. The molecule has 90 valence electrons. The van der Waals surface area contributed by atoms with Gasteiger partial charge in [-0.25, -0.2) is 0 Å². The number of hydrogen-bond acceptors (Lipinski definition) is 0. The molecule has 0 heterocycles. The van der Waals surface area contributed by atoms with Gasteiger partial charge in [-0.05, 0) is 42.0 Å². The van der Waals surface area contributed by atoms with Crippen LogP contribution in [0.5, 0.6) is 0 Å². The number of fused-ring (bicyclic) bond motifs is 1. The van der Waals surface area contributed by atoms with Crippen LogP contribution in [0.25, 0.3) is 17.2 Å². The van der Waals surface area contributed by atoms with Gasteiger partial charge in [-0.15, -0.1) is 0 Å². The van der Waals surface area contributed by atoms with Crippen LogP contribution in [0, 0.1) is 6.92 Å². The third kappa shape index (κ3) is 1.88. The fraction of sp³-hybridized carbons (Fsp3) is 0.222. The molecule has 0 bridgehead atoms. The van der Waals surface area contributed by atoms with Gasteiger partial charge >= 0.3 is 0 Å². The van der Waals surface area contributed by atoms with E-state index in [0.29, 0.717) is 0 Å². The Morgan fingerprint density at radius 2 is 1.78 bits per heavy atom. The van der Waals surface area contributed by atoms with E-state index in [1.54, 1.807) is 5.57 Å². The molecule has 0 fully saturated rings. The van der Waals surface area contributed by atoms with Gasteiger partial charge in [-0.2, -0.15) is 0 Å². The van der Waals surface area contributed by atoms with Crippen molar-refractivity contribution < 1.29 is 0 Å². The van der Waals surface area contributed by atoms with Gasteiger partial charge < -0.3 is 0 Å². The maximum atomic E-state index is 2.38. The van der Waals surface area contributed by atoms with E-state index in [-0.39, 0.29) is 0 Å². The van der Waals surface area contributed by atoms with Crippen LogP contribution in [-0.2, 0) is 6.42 Å². The maximum Gasteiger partial charge on any atom is -0.00577 e. The van der Waals surface area contributed by atoms with Gasteiger partial charge in [-0.1, -0.05) is 66.6 Å². The highest BCUT2D eigenvalue weighted by atomic mass is 14.2. The molecule has 0 aromatic heterocycles. The SMILES string of the molecule is CCC1=Cc2c(cccc2-c2ccc(C)cc2)C1. The molecule has 0 saturated heterocycles. The fourth-order valence-electron chi connectivity index (χ4n) is 2.65. The third-order valence-electron chi connectivity index (χ3n) is 3.78. The normalized spacial score (nSPS) is 13.3. The van der Waals surface area contributed by atoms with E-state index in [2.05, 4.69) is 62.4 Å². The Hall–Kier alpha value is -1.82.